The van der Waals surface area contributed by atoms with Gasteiger partial charge in [-0.25, -0.2) is 14.4 Å². The van der Waals surface area contributed by atoms with Crippen molar-refractivity contribution in [2.75, 3.05) is 26.6 Å². The first kappa shape index (κ1) is 24.8. The molecular formula is C15H24N7O8P. The quantitative estimate of drug-likeness (QED) is 0.147. The molecule has 1 saturated heterocycles. The second-order valence-corrected chi connectivity index (χ2v) is 8.66. The number of ether oxygens (including phenoxy) is 2. The van der Waals surface area contributed by atoms with E-state index in [1.165, 1.54) is 26.1 Å². The molecule has 172 valence electrons. The Hall–Kier alpha value is -2.51. The Balaban J connectivity index is 2.26. The van der Waals surface area contributed by atoms with Crippen molar-refractivity contribution in [1.29, 1.82) is 0 Å². The van der Waals surface area contributed by atoms with Gasteiger partial charge in [0, 0.05) is 18.2 Å². The maximum absolute atomic E-state index is 12.7. The lowest BCUT2D eigenvalue weighted by atomic mass is 9.93. The molecule has 16 heteroatoms. The van der Waals surface area contributed by atoms with Crippen LogP contribution in [-0.2, 0) is 27.9 Å². The highest BCUT2D eigenvalue weighted by atomic mass is 31.2. The minimum absolute atomic E-state index is 0.0306. The van der Waals surface area contributed by atoms with Crippen LogP contribution in [0.1, 0.15) is 20.1 Å². The van der Waals surface area contributed by atoms with Crippen LogP contribution in [0.4, 0.5) is 5.82 Å². The number of aromatic nitrogens is 2. The summed E-state index contributed by atoms with van der Waals surface area (Å²) < 4.78 is 34.1. The van der Waals surface area contributed by atoms with Gasteiger partial charge < -0.3 is 24.8 Å². The van der Waals surface area contributed by atoms with Crippen molar-refractivity contribution in [3.05, 3.63) is 33.2 Å². The van der Waals surface area contributed by atoms with E-state index >= 15 is 0 Å². The largest absolute Gasteiger partial charge is 0.468 e. The number of nitrogens with zero attached hydrogens (tertiary/aromatic N) is 5. The van der Waals surface area contributed by atoms with Crippen molar-refractivity contribution in [1.82, 2.24) is 14.6 Å². The van der Waals surface area contributed by atoms with Gasteiger partial charge in [-0.3, -0.25) is 13.9 Å². The van der Waals surface area contributed by atoms with E-state index in [1.807, 2.05) is 0 Å². The number of azide groups is 1. The zero-order chi connectivity index (χ0) is 23.4. The molecule has 31 heavy (non-hydrogen) atoms. The first-order valence-electron chi connectivity index (χ1n) is 8.91. The normalized spacial score (nSPS) is 28.4. The summed E-state index contributed by atoms with van der Waals surface area (Å²) in [5.74, 6) is -0.735. The molecule has 0 aromatic carbocycles. The van der Waals surface area contributed by atoms with E-state index in [1.54, 1.807) is 0 Å². The molecule has 1 fully saturated rings. The molecule has 0 radical (unpaired) electrons. The summed E-state index contributed by atoms with van der Waals surface area (Å²) in [6, 6.07) is 0.306. The van der Waals surface area contributed by atoms with Crippen molar-refractivity contribution in [3.8, 4) is 0 Å². The SMILES string of the molecule is COC(=O)[C@H](C)NP(=O)(OC)OC[C@H]1O[C@@H](n2ccc(N)nc2=O)[C@](C)(N=[N+]=[N-])[C@@H]1O. The van der Waals surface area contributed by atoms with Crippen LogP contribution in [0.15, 0.2) is 22.2 Å². The van der Waals surface area contributed by atoms with Crippen molar-refractivity contribution in [2.45, 2.75) is 43.9 Å². The van der Waals surface area contributed by atoms with Gasteiger partial charge in [0.1, 0.15) is 23.5 Å². The van der Waals surface area contributed by atoms with Crippen LogP contribution in [0, 0.1) is 0 Å². The summed E-state index contributed by atoms with van der Waals surface area (Å²) in [5.41, 5.74) is 12.0. The van der Waals surface area contributed by atoms with Gasteiger partial charge in [0.05, 0.1) is 19.8 Å². The summed E-state index contributed by atoms with van der Waals surface area (Å²) in [6.45, 7) is 2.26. The third-order valence-corrected chi connectivity index (χ3v) is 6.35. The van der Waals surface area contributed by atoms with Crippen LogP contribution in [0.2, 0.25) is 0 Å². The topological polar surface area (TPSA) is 213 Å². The van der Waals surface area contributed by atoms with Crippen LogP contribution < -0.4 is 16.5 Å². The zero-order valence-corrected chi connectivity index (χ0v) is 18.1. The molecule has 6 atom stereocenters. The molecule has 0 amide bonds. The Morgan fingerprint density at radius 1 is 1.61 bits per heavy atom. The first-order chi connectivity index (χ1) is 14.5. The number of hydrogen-bond acceptors (Lipinski definition) is 11. The lowest BCUT2D eigenvalue weighted by molar-refractivity contribution is -0.142. The third-order valence-electron chi connectivity index (χ3n) is 4.67. The van der Waals surface area contributed by atoms with E-state index in [9.17, 15) is 19.3 Å². The van der Waals surface area contributed by atoms with Crippen LogP contribution in [-0.4, -0.2) is 65.2 Å². The highest BCUT2D eigenvalue weighted by Gasteiger charge is 2.54. The van der Waals surface area contributed by atoms with Gasteiger partial charge in [-0.15, -0.1) is 0 Å². The summed E-state index contributed by atoms with van der Waals surface area (Å²) >= 11 is 0. The smallest absolute Gasteiger partial charge is 0.406 e. The molecule has 2 rings (SSSR count). The molecule has 1 aliphatic rings. The Bertz CT molecular complexity index is 967. The minimum atomic E-state index is -4.01. The lowest BCUT2D eigenvalue weighted by Crippen LogP contribution is -2.44. The lowest BCUT2D eigenvalue weighted by Gasteiger charge is -2.28. The number of hydrogen-bond donors (Lipinski definition) is 3. The van der Waals surface area contributed by atoms with Gasteiger partial charge in [-0.2, -0.15) is 4.98 Å². The second kappa shape index (κ2) is 9.75. The van der Waals surface area contributed by atoms with Crippen molar-refractivity contribution >= 4 is 19.5 Å². The highest BCUT2D eigenvalue weighted by molar-refractivity contribution is 7.51. The molecule has 1 unspecified atom stereocenters. The fourth-order valence-corrected chi connectivity index (χ4v) is 4.18. The van der Waals surface area contributed by atoms with E-state index in [0.717, 1.165) is 18.8 Å². The average Bonchev–Trinajstić information content (AvgIpc) is 2.96. The fourth-order valence-electron chi connectivity index (χ4n) is 2.97. The summed E-state index contributed by atoms with van der Waals surface area (Å²) in [4.78, 5) is 30.1. The van der Waals surface area contributed by atoms with Crippen molar-refractivity contribution in [3.63, 3.8) is 0 Å². The number of esters is 1. The third kappa shape index (κ3) is 5.22. The number of nitrogen functional groups attached to an aromatic ring is 1. The molecule has 2 heterocycles. The number of aliphatic hydroxyl groups is 1. The second-order valence-electron chi connectivity index (χ2n) is 6.78. The number of anilines is 1. The maximum atomic E-state index is 12.7. The Morgan fingerprint density at radius 2 is 2.29 bits per heavy atom. The Kier molecular flexibility index (Phi) is 7.78. The molecule has 0 spiro atoms. The van der Waals surface area contributed by atoms with Gasteiger partial charge in [0.2, 0.25) is 0 Å². The molecule has 15 nitrogen and oxygen atoms in total. The predicted molar refractivity (Wildman–Crippen MR) is 106 cm³/mol. The molecule has 1 aromatic heterocycles. The van der Waals surface area contributed by atoms with Crippen molar-refractivity contribution < 1.29 is 33.0 Å². The first-order valence-corrected chi connectivity index (χ1v) is 10.5. The van der Waals surface area contributed by atoms with Crippen LogP contribution >= 0.6 is 7.75 Å². The van der Waals surface area contributed by atoms with Gasteiger partial charge >= 0.3 is 19.4 Å². The molecular weight excluding hydrogens is 437 g/mol. The van der Waals surface area contributed by atoms with E-state index in [0.29, 0.717) is 0 Å². The number of nitrogens with two attached hydrogens (primary N) is 1. The number of aliphatic hydroxyl groups excluding tert-OH is 1. The molecule has 1 aromatic rings. The number of carbonyl (C=O) groups excluding carboxylic acids is 1. The molecule has 0 bridgehead atoms. The number of rotatable bonds is 9. The number of carbonyl (C=O) groups is 1. The van der Waals surface area contributed by atoms with Crippen molar-refractivity contribution in [2.24, 2.45) is 5.11 Å². The average molecular weight is 461 g/mol. The van der Waals surface area contributed by atoms with Crippen LogP contribution in [0.5, 0.6) is 0 Å². The molecule has 4 N–H and O–H groups in total. The molecule has 1 aliphatic heterocycles. The van der Waals surface area contributed by atoms with Gasteiger partial charge in [-0.05, 0) is 25.4 Å². The number of methoxy groups -OCH3 is 1. The molecule has 0 saturated carbocycles. The standard InChI is InChI=1S/C15H24N7O8P/c1-8(12(24)27-3)19-31(26,28-4)29-7-9-11(23)15(2,20-21-17)13(30-9)22-6-5-10(16)18-14(22)25/h5-6,8-9,11,13,23H,7H2,1-4H3,(H,19,26)(H2,16,18,25)/t8-,9+,11+,13+,15+,31?/m0/s1. The van der Waals surface area contributed by atoms with Gasteiger partial charge in [0.15, 0.2) is 6.23 Å². The van der Waals surface area contributed by atoms with Gasteiger partial charge in [-0.1, -0.05) is 5.11 Å². The summed E-state index contributed by atoms with van der Waals surface area (Å²) in [6.07, 6.45) is -2.66. The Morgan fingerprint density at radius 3 is 2.84 bits per heavy atom. The van der Waals surface area contributed by atoms with Crippen LogP contribution in [0.3, 0.4) is 0 Å². The summed E-state index contributed by atoms with van der Waals surface area (Å²) in [5, 5.41) is 16.7. The minimum Gasteiger partial charge on any atom is -0.468 e. The van der Waals surface area contributed by atoms with E-state index in [-0.39, 0.29) is 5.82 Å². The Labute approximate surface area is 176 Å². The zero-order valence-electron chi connectivity index (χ0n) is 17.2. The number of nitrogens with one attached hydrogen (secondary N) is 1. The van der Waals surface area contributed by atoms with Gasteiger partial charge in [0.25, 0.3) is 0 Å². The fraction of sp³-hybridized carbons (Fsp3) is 0.667. The highest BCUT2D eigenvalue weighted by Crippen LogP contribution is 2.46. The maximum Gasteiger partial charge on any atom is 0.406 e. The van der Waals surface area contributed by atoms with E-state index < -0.39 is 56.0 Å². The van der Waals surface area contributed by atoms with E-state index in [2.05, 4.69) is 24.8 Å². The summed E-state index contributed by atoms with van der Waals surface area (Å²) in [7, 11) is -1.76. The van der Waals surface area contributed by atoms with Crippen LogP contribution in [0.25, 0.3) is 10.4 Å². The van der Waals surface area contributed by atoms with E-state index in [4.69, 9.17) is 25.0 Å². The monoisotopic (exact) mass is 461 g/mol. The molecule has 0 aliphatic carbocycles. The predicted octanol–water partition coefficient (Wildman–Crippen LogP) is 0.0750.